The van der Waals surface area contributed by atoms with Crippen molar-refractivity contribution >= 4 is 28.7 Å². The average Bonchev–Trinajstić information content (AvgIpc) is 3.24. The van der Waals surface area contributed by atoms with Gasteiger partial charge in [-0.25, -0.2) is 4.98 Å². The first-order chi connectivity index (χ1) is 14.6. The van der Waals surface area contributed by atoms with Crippen LogP contribution in [0, 0.1) is 0 Å². The van der Waals surface area contributed by atoms with Crippen LogP contribution in [0.1, 0.15) is 24.7 Å². The zero-order valence-corrected chi connectivity index (χ0v) is 17.5. The van der Waals surface area contributed by atoms with Gasteiger partial charge in [0.05, 0.1) is 33.4 Å². The number of rotatable bonds is 3. The number of hydrogen-bond donors (Lipinski definition) is 0. The highest BCUT2D eigenvalue weighted by molar-refractivity contribution is 6.35. The molecule has 1 saturated heterocycles. The summed E-state index contributed by atoms with van der Waals surface area (Å²) in [5, 5.41) is 0.878. The van der Waals surface area contributed by atoms with Crippen molar-refractivity contribution in [3.05, 3.63) is 81.6 Å². The molecular formula is C23H22ClN5O. The van der Waals surface area contributed by atoms with Gasteiger partial charge in [-0.15, -0.1) is 0 Å². The van der Waals surface area contributed by atoms with E-state index in [1.165, 1.54) is 0 Å². The Kier molecular flexibility index (Phi) is 4.79. The summed E-state index contributed by atoms with van der Waals surface area (Å²) in [6.45, 7) is 1.55. The molecule has 3 aromatic rings. The lowest BCUT2D eigenvalue weighted by atomic mass is 10.1. The second-order valence-electron chi connectivity index (χ2n) is 7.70. The third-order valence-corrected chi connectivity index (χ3v) is 5.97. The molecule has 0 aliphatic carbocycles. The van der Waals surface area contributed by atoms with Crippen molar-refractivity contribution in [2.45, 2.75) is 18.9 Å². The van der Waals surface area contributed by atoms with Crippen LogP contribution in [0.3, 0.4) is 0 Å². The Hall–Kier alpha value is -3.12. The molecule has 0 amide bonds. The molecule has 2 aliphatic rings. The van der Waals surface area contributed by atoms with Crippen LogP contribution in [0.15, 0.2) is 70.2 Å². The number of allylic oxidation sites excluding steroid dienone is 1. The quantitative estimate of drug-likeness (QED) is 0.644. The molecule has 5 rings (SSSR count). The highest BCUT2D eigenvalue weighted by Crippen LogP contribution is 2.35. The van der Waals surface area contributed by atoms with Gasteiger partial charge in [0, 0.05) is 26.0 Å². The van der Waals surface area contributed by atoms with Crippen molar-refractivity contribution in [2.24, 2.45) is 4.99 Å². The van der Waals surface area contributed by atoms with Crippen molar-refractivity contribution < 1.29 is 0 Å². The first kappa shape index (κ1) is 18.9. The van der Waals surface area contributed by atoms with Gasteiger partial charge in [-0.3, -0.25) is 14.4 Å². The van der Waals surface area contributed by atoms with Gasteiger partial charge in [0.25, 0.3) is 5.56 Å². The van der Waals surface area contributed by atoms with E-state index in [2.05, 4.69) is 21.0 Å². The second-order valence-corrected chi connectivity index (χ2v) is 8.10. The number of benzene rings is 2. The summed E-state index contributed by atoms with van der Waals surface area (Å²) in [5.41, 5.74) is 2.33. The summed E-state index contributed by atoms with van der Waals surface area (Å²) in [7, 11) is 2.01. The van der Waals surface area contributed by atoms with Crippen molar-refractivity contribution in [2.75, 3.05) is 20.3 Å². The predicted molar refractivity (Wildman–Crippen MR) is 120 cm³/mol. The number of para-hydroxylation sites is 1. The molecular weight excluding hydrogens is 398 g/mol. The summed E-state index contributed by atoms with van der Waals surface area (Å²) in [6, 6.07) is 15.1. The van der Waals surface area contributed by atoms with Crippen molar-refractivity contribution in [3.8, 4) is 5.69 Å². The lowest BCUT2D eigenvalue weighted by Crippen LogP contribution is -2.33. The van der Waals surface area contributed by atoms with Crippen LogP contribution in [-0.4, -0.2) is 45.8 Å². The normalized spacial score (nSPS) is 18.9. The van der Waals surface area contributed by atoms with Gasteiger partial charge in [-0.1, -0.05) is 35.9 Å². The molecule has 0 spiro atoms. The Morgan fingerprint density at radius 3 is 2.73 bits per heavy atom. The van der Waals surface area contributed by atoms with Gasteiger partial charge < -0.3 is 9.80 Å². The molecule has 1 unspecified atom stereocenters. The molecule has 2 aromatic carbocycles. The van der Waals surface area contributed by atoms with Crippen LogP contribution in [0.25, 0.3) is 16.6 Å². The maximum Gasteiger partial charge on any atom is 0.267 e. The van der Waals surface area contributed by atoms with E-state index in [-0.39, 0.29) is 11.6 Å². The number of nitrogens with zero attached hydrogens (tertiary/aromatic N) is 5. The topological polar surface area (TPSA) is 53.7 Å². The molecule has 3 heterocycles. The van der Waals surface area contributed by atoms with Gasteiger partial charge in [0.2, 0.25) is 0 Å². The monoisotopic (exact) mass is 419 g/mol. The molecule has 6 nitrogen and oxygen atoms in total. The van der Waals surface area contributed by atoms with E-state index in [4.69, 9.17) is 16.6 Å². The Labute approximate surface area is 179 Å². The number of hydrogen-bond acceptors (Lipinski definition) is 5. The van der Waals surface area contributed by atoms with Gasteiger partial charge in [-0.2, -0.15) is 0 Å². The largest absolute Gasteiger partial charge is 0.360 e. The average molecular weight is 420 g/mol. The number of aliphatic imine (C=N–C) groups is 1. The fraction of sp³-hybridized carbons (Fsp3) is 0.261. The summed E-state index contributed by atoms with van der Waals surface area (Å²) in [6.07, 6.45) is 5.97. The van der Waals surface area contributed by atoms with E-state index in [1.807, 2.05) is 55.7 Å². The first-order valence-electron chi connectivity index (χ1n) is 10.1. The minimum Gasteiger partial charge on any atom is -0.360 e. The lowest BCUT2D eigenvalue weighted by molar-refractivity contribution is 0.312. The van der Waals surface area contributed by atoms with E-state index >= 15 is 0 Å². The minimum atomic E-state index is -0.137. The van der Waals surface area contributed by atoms with Gasteiger partial charge in [0.15, 0.2) is 0 Å². The molecule has 152 valence electrons. The highest BCUT2D eigenvalue weighted by atomic mass is 35.5. The van der Waals surface area contributed by atoms with E-state index < -0.39 is 0 Å². The summed E-state index contributed by atoms with van der Waals surface area (Å²) in [5.74, 6) is 0.737. The molecule has 30 heavy (non-hydrogen) atoms. The standard InChI is InChI=1S/C23H22ClN5O/c1-27-14-17(13-25-15-27)28-12-6-11-20(28)22-26-19-10-5-9-18(24)21(19)23(30)29(22)16-7-3-2-4-8-16/h2-5,7-10,13-14,20H,6,11-12,15H2,1H3. The number of fused-ring (bicyclic) bond motifs is 1. The maximum absolute atomic E-state index is 13.6. The number of halogens is 1. The third-order valence-electron chi connectivity index (χ3n) is 5.65. The van der Waals surface area contributed by atoms with Gasteiger partial charge in [0.1, 0.15) is 12.5 Å². The SMILES string of the molecule is CN1C=C(N2CCCC2c2nc3cccc(Cl)c3c(=O)n2-c2ccccc2)C=NC1. The molecule has 1 atom stereocenters. The van der Waals surface area contributed by atoms with E-state index in [1.54, 1.807) is 10.6 Å². The van der Waals surface area contributed by atoms with Crippen LogP contribution in [0.2, 0.25) is 5.02 Å². The molecule has 0 radical (unpaired) electrons. The van der Waals surface area contributed by atoms with Crippen molar-refractivity contribution in [3.63, 3.8) is 0 Å². The Morgan fingerprint density at radius 1 is 1.10 bits per heavy atom. The van der Waals surface area contributed by atoms with Crippen LogP contribution in [0.5, 0.6) is 0 Å². The fourth-order valence-electron chi connectivity index (χ4n) is 4.31. The minimum absolute atomic E-state index is 0.0227. The Balaban J connectivity index is 1.74. The van der Waals surface area contributed by atoms with Crippen LogP contribution < -0.4 is 5.56 Å². The fourth-order valence-corrected chi connectivity index (χ4v) is 4.56. The number of likely N-dealkylation sites (tertiary alicyclic amines) is 1. The van der Waals surface area contributed by atoms with Crippen molar-refractivity contribution in [1.82, 2.24) is 19.4 Å². The maximum atomic E-state index is 13.6. The zero-order valence-electron chi connectivity index (χ0n) is 16.7. The highest BCUT2D eigenvalue weighted by Gasteiger charge is 2.32. The van der Waals surface area contributed by atoms with E-state index in [0.29, 0.717) is 22.6 Å². The Morgan fingerprint density at radius 2 is 1.93 bits per heavy atom. The predicted octanol–water partition coefficient (Wildman–Crippen LogP) is 3.99. The van der Waals surface area contributed by atoms with Gasteiger partial charge in [-0.05, 0) is 37.1 Å². The molecule has 0 bridgehead atoms. The molecule has 2 aliphatic heterocycles. The number of aromatic nitrogens is 2. The summed E-state index contributed by atoms with van der Waals surface area (Å²) >= 11 is 6.40. The summed E-state index contributed by atoms with van der Waals surface area (Å²) < 4.78 is 1.72. The van der Waals surface area contributed by atoms with Crippen LogP contribution >= 0.6 is 11.6 Å². The molecule has 1 fully saturated rings. The van der Waals surface area contributed by atoms with E-state index in [0.717, 1.165) is 36.6 Å². The Bertz CT molecular complexity index is 1220. The molecule has 0 N–H and O–H groups in total. The van der Waals surface area contributed by atoms with Crippen LogP contribution in [-0.2, 0) is 0 Å². The molecule has 0 saturated carbocycles. The van der Waals surface area contributed by atoms with Gasteiger partial charge >= 0.3 is 0 Å². The van der Waals surface area contributed by atoms with E-state index in [9.17, 15) is 4.79 Å². The third kappa shape index (κ3) is 3.17. The van der Waals surface area contributed by atoms with Crippen molar-refractivity contribution in [1.29, 1.82) is 0 Å². The molecule has 1 aromatic heterocycles. The smallest absolute Gasteiger partial charge is 0.267 e. The summed E-state index contributed by atoms with van der Waals surface area (Å²) in [4.78, 5) is 27.4. The van der Waals surface area contributed by atoms with Crippen LogP contribution in [0.4, 0.5) is 0 Å². The first-order valence-corrected chi connectivity index (χ1v) is 10.5. The molecule has 7 heteroatoms. The second kappa shape index (κ2) is 7.61. The zero-order chi connectivity index (χ0) is 20.7. The lowest BCUT2D eigenvalue weighted by Gasteiger charge is -2.31.